The molecule has 4 heteroatoms. The van der Waals surface area contributed by atoms with E-state index in [1.165, 1.54) is 0 Å². The molecule has 0 fully saturated rings. The molecule has 0 bridgehead atoms. The summed E-state index contributed by atoms with van der Waals surface area (Å²) in [7, 11) is 0. The van der Waals surface area contributed by atoms with Crippen LogP contribution in [0.5, 0.6) is 0 Å². The van der Waals surface area contributed by atoms with Crippen LogP contribution >= 0.6 is 0 Å². The van der Waals surface area contributed by atoms with E-state index in [2.05, 4.69) is 11.6 Å². The smallest absolute Gasteiger partial charge is 0.274 e. The van der Waals surface area contributed by atoms with Crippen molar-refractivity contribution in [2.24, 2.45) is 0 Å². The number of pyridine rings is 1. The third kappa shape index (κ3) is 2.82. The molecule has 4 nitrogen and oxygen atoms in total. The first-order chi connectivity index (χ1) is 7.56. The molecule has 0 saturated heterocycles. The lowest BCUT2D eigenvalue weighted by Gasteiger charge is -2.20. The molecule has 0 aliphatic carbocycles. The van der Waals surface area contributed by atoms with Crippen LogP contribution in [0.15, 0.2) is 30.5 Å². The lowest BCUT2D eigenvalue weighted by molar-refractivity contribution is 0.0773. The van der Waals surface area contributed by atoms with E-state index in [4.69, 9.17) is 5.73 Å². The predicted octanol–water partition coefficient (Wildman–Crippen LogP) is 1.70. The Kier molecular flexibility index (Phi) is 4.05. The minimum Gasteiger partial charge on any atom is -0.397 e. The van der Waals surface area contributed by atoms with Gasteiger partial charge in [0.05, 0.1) is 5.69 Å². The standard InChI is InChI=1S/C12H17N3O/c1-4-15(8-9(2)3)12(16)11-10(13)6-5-7-14-11/h5-7H,2,4,8,13H2,1,3H3. The molecule has 2 N–H and O–H groups in total. The second-order valence-corrected chi connectivity index (χ2v) is 3.72. The fourth-order valence-electron chi connectivity index (χ4n) is 1.40. The van der Waals surface area contributed by atoms with Crippen LogP contribution in [0.2, 0.25) is 0 Å². The Morgan fingerprint density at radius 1 is 1.62 bits per heavy atom. The van der Waals surface area contributed by atoms with Gasteiger partial charge in [-0.15, -0.1) is 0 Å². The van der Waals surface area contributed by atoms with Crippen LogP contribution in [0.25, 0.3) is 0 Å². The number of carbonyl (C=O) groups is 1. The van der Waals surface area contributed by atoms with Crippen molar-refractivity contribution in [2.45, 2.75) is 13.8 Å². The SMILES string of the molecule is C=C(C)CN(CC)C(=O)c1ncccc1N. The highest BCUT2D eigenvalue weighted by atomic mass is 16.2. The van der Waals surface area contributed by atoms with E-state index in [0.717, 1.165) is 5.57 Å². The number of rotatable bonds is 4. The molecule has 1 aromatic rings. The molecule has 16 heavy (non-hydrogen) atoms. The van der Waals surface area contributed by atoms with Gasteiger partial charge in [-0.2, -0.15) is 0 Å². The number of anilines is 1. The number of nitrogens with two attached hydrogens (primary N) is 1. The van der Waals surface area contributed by atoms with Gasteiger partial charge in [0.25, 0.3) is 5.91 Å². The summed E-state index contributed by atoms with van der Waals surface area (Å²) in [5.41, 5.74) is 7.37. The van der Waals surface area contributed by atoms with Gasteiger partial charge in [-0.1, -0.05) is 12.2 Å². The molecule has 0 spiro atoms. The van der Waals surface area contributed by atoms with Crippen LogP contribution < -0.4 is 5.73 Å². The molecule has 0 radical (unpaired) electrons. The zero-order valence-electron chi connectivity index (χ0n) is 9.73. The maximum absolute atomic E-state index is 12.1. The summed E-state index contributed by atoms with van der Waals surface area (Å²) in [5, 5.41) is 0. The third-order valence-corrected chi connectivity index (χ3v) is 2.17. The number of nitrogens with zero attached hydrogens (tertiary/aromatic N) is 2. The van der Waals surface area contributed by atoms with E-state index in [1.54, 1.807) is 23.2 Å². The van der Waals surface area contributed by atoms with Crippen molar-refractivity contribution in [3.63, 3.8) is 0 Å². The lowest BCUT2D eigenvalue weighted by Crippen LogP contribution is -2.33. The first-order valence-electron chi connectivity index (χ1n) is 5.20. The molecule has 1 rings (SSSR count). The molecule has 86 valence electrons. The summed E-state index contributed by atoms with van der Waals surface area (Å²) >= 11 is 0. The van der Waals surface area contributed by atoms with Crippen molar-refractivity contribution in [1.82, 2.24) is 9.88 Å². The van der Waals surface area contributed by atoms with Gasteiger partial charge in [0.1, 0.15) is 0 Å². The van der Waals surface area contributed by atoms with Gasteiger partial charge < -0.3 is 10.6 Å². The highest BCUT2D eigenvalue weighted by molar-refractivity contribution is 5.97. The third-order valence-electron chi connectivity index (χ3n) is 2.17. The molecule has 1 heterocycles. The second-order valence-electron chi connectivity index (χ2n) is 3.72. The molecule has 0 aromatic carbocycles. The summed E-state index contributed by atoms with van der Waals surface area (Å²) < 4.78 is 0. The molecule has 0 atom stereocenters. The molecule has 0 unspecified atom stereocenters. The van der Waals surface area contributed by atoms with Gasteiger partial charge in [0.15, 0.2) is 5.69 Å². The molecular formula is C12H17N3O. The zero-order valence-corrected chi connectivity index (χ0v) is 9.73. The highest BCUT2D eigenvalue weighted by Crippen LogP contribution is 2.11. The van der Waals surface area contributed by atoms with Gasteiger partial charge in [-0.05, 0) is 26.0 Å². The molecule has 1 amide bonds. The number of likely N-dealkylation sites (N-methyl/N-ethyl adjacent to an activating group) is 1. The van der Waals surface area contributed by atoms with Crippen LogP contribution in [0, 0.1) is 0 Å². The zero-order chi connectivity index (χ0) is 12.1. The number of aromatic nitrogens is 1. The number of amides is 1. The molecule has 1 aromatic heterocycles. The summed E-state index contributed by atoms with van der Waals surface area (Å²) in [6.45, 7) is 8.74. The van der Waals surface area contributed by atoms with Gasteiger partial charge in [0, 0.05) is 19.3 Å². The first-order valence-corrected chi connectivity index (χ1v) is 5.20. The van der Waals surface area contributed by atoms with Gasteiger partial charge >= 0.3 is 0 Å². The topological polar surface area (TPSA) is 59.2 Å². The number of hydrogen-bond acceptors (Lipinski definition) is 3. The Morgan fingerprint density at radius 3 is 2.81 bits per heavy atom. The summed E-state index contributed by atoms with van der Waals surface area (Å²) in [5.74, 6) is -0.149. The van der Waals surface area contributed by atoms with Crippen molar-refractivity contribution in [1.29, 1.82) is 0 Å². The van der Waals surface area contributed by atoms with Gasteiger partial charge in [-0.3, -0.25) is 4.79 Å². The number of hydrogen-bond donors (Lipinski definition) is 1. The van der Waals surface area contributed by atoms with Crippen molar-refractivity contribution in [2.75, 3.05) is 18.8 Å². The second kappa shape index (κ2) is 5.30. The Morgan fingerprint density at radius 2 is 2.31 bits per heavy atom. The van der Waals surface area contributed by atoms with Crippen molar-refractivity contribution in [3.05, 3.63) is 36.2 Å². The number of nitrogen functional groups attached to an aromatic ring is 1. The summed E-state index contributed by atoms with van der Waals surface area (Å²) in [4.78, 5) is 17.8. The summed E-state index contributed by atoms with van der Waals surface area (Å²) in [6, 6.07) is 3.38. The largest absolute Gasteiger partial charge is 0.397 e. The number of carbonyl (C=O) groups excluding carboxylic acids is 1. The van der Waals surface area contributed by atoms with Gasteiger partial charge in [0.2, 0.25) is 0 Å². The fourth-order valence-corrected chi connectivity index (χ4v) is 1.40. The molecule has 0 saturated carbocycles. The first kappa shape index (κ1) is 12.2. The Hall–Kier alpha value is -1.84. The normalized spacial score (nSPS) is 9.88. The van der Waals surface area contributed by atoms with Gasteiger partial charge in [-0.25, -0.2) is 4.98 Å². The van der Waals surface area contributed by atoms with Crippen LogP contribution in [0.4, 0.5) is 5.69 Å². The van der Waals surface area contributed by atoms with Crippen LogP contribution in [0.3, 0.4) is 0 Å². The summed E-state index contributed by atoms with van der Waals surface area (Å²) in [6.07, 6.45) is 1.57. The van der Waals surface area contributed by atoms with Crippen LogP contribution in [-0.4, -0.2) is 28.9 Å². The average molecular weight is 219 g/mol. The highest BCUT2D eigenvalue weighted by Gasteiger charge is 2.17. The van der Waals surface area contributed by atoms with Crippen molar-refractivity contribution >= 4 is 11.6 Å². The molecule has 0 aliphatic rings. The Balaban J connectivity index is 2.91. The molecule has 0 aliphatic heterocycles. The Bertz CT molecular complexity index is 401. The van der Waals surface area contributed by atoms with E-state index < -0.39 is 0 Å². The molecular weight excluding hydrogens is 202 g/mol. The lowest BCUT2D eigenvalue weighted by atomic mass is 10.2. The van der Waals surface area contributed by atoms with E-state index in [0.29, 0.717) is 24.5 Å². The van der Waals surface area contributed by atoms with E-state index in [9.17, 15) is 4.79 Å². The minimum absolute atomic E-state index is 0.149. The monoisotopic (exact) mass is 219 g/mol. The quantitative estimate of drug-likeness (QED) is 0.784. The van der Waals surface area contributed by atoms with E-state index >= 15 is 0 Å². The fraction of sp³-hybridized carbons (Fsp3) is 0.333. The minimum atomic E-state index is -0.149. The van der Waals surface area contributed by atoms with Crippen LogP contribution in [0.1, 0.15) is 24.3 Å². The Labute approximate surface area is 95.8 Å². The average Bonchev–Trinajstić information content (AvgIpc) is 2.25. The van der Waals surface area contributed by atoms with E-state index in [-0.39, 0.29) is 5.91 Å². The van der Waals surface area contributed by atoms with Crippen molar-refractivity contribution < 1.29 is 4.79 Å². The maximum Gasteiger partial charge on any atom is 0.274 e. The van der Waals surface area contributed by atoms with Crippen LogP contribution in [-0.2, 0) is 0 Å². The maximum atomic E-state index is 12.1. The van der Waals surface area contributed by atoms with Crippen molar-refractivity contribution in [3.8, 4) is 0 Å². The van der Waals surface area contributed by atoms with E-state index in [1.807, 2.05) is 13.8 Å². The predicted molar refractivity (Wildman–Crippen MR) is 65.0 cm³/mol.